The lowest BCUT2D eigenvalue weighted by Gasteiger charge is -2.18. The number of nitrogens with zero attached hydrogens (tertiary/aromatic N) is 2. The summed E-state index contributed by atoms with van der Waals surface area (Å²) in [7, 11) is 1.58. The number of anilines is 1. The van der Waals surface area contributed by atoms with Crippen LogP contribution in [0.5, 0.6) is 0 Å². The van der Waals surface area contributed by atoms with Gasteiger partial charge in [-0.3, -0.25) is 14.6 Å². The van der Waals surface area contributed by atoms with Crippen LogP contribution in [0.3, 0.4) is 0 Å². The largest absolute Gasteiger partial charge is 0.337 e. The highest BCUT2D eigenvalue weighted by atomic mass is 19.1. The standard InChI is InChI=1S/C16H16FN3O2/c1-11(21)19-13-5-6-15(17)14(8-13)16(22)20(2)10-12-4-3-7-18-9-12/h3-9H,10H2,1-2H3,(H,19,21). The highest BCUT2D eigenvalue weighted by Gasteiger charge is 2.17. The van der Waals surface area contributed by atoms with Crippen molar-refractivity contribution in [3.05, 3.63) is 59.7 Å². The molecule has 1 N–H and O–H groups in total. The molecular weight excluding hydrogens is 285 g/mol. The molecule has 0 fully saturated rings. The molecular formula is C16H16FN3O2. The number of nitrogens with one attached hydrogen (secondary N) is 1. The smallest absolute Gasteiger partial charge is 0.256 e. The second-order valence-electron chi connectivity index (χ2n) is 4.90. The summed E-state index contributed by atoms with van der Waals surface area (Å²) in [6.45, 7) is 1.66. The van der Waals surface area contributed by atoms with Crippen molar-refractivity contribution in [2.24, 2.45) is 0 Å². The average molecular weight is 301 g/mol. The maximum absolute atomic E-state index is 13.9. The number of pyridine rings is 1. The van der Waals surface area contributed by atoms with Gasteiger partial charge in [-0.25, -0.2) is 4.39 Å². The minimum absolute atomic E-state index is 0.0855. The van der Waals surface area contributed by atoms with Gasteiger partial charge in [0.1, 0.15) is 5.82 Å². The molecule has 0 saturated carbocycles. The summed E-state index contributed by atoms with van der Waals surface area (Å²) in [5.74, 6) is -1.38. The van der Waals surface area contributed by atoms with E-state index in [2.05, 4.69) is 10.3 Å². The first-order valence-corrected chi connectivity index (χ1v) is 6.69. The summed E-state index contributed by atoms with van der Waals surface area (Å²) >= 11 is 0. The maximum atomic E-state index is 13.9. The van der Waals surface area contributed by atoms with E-state index in [9.17, 15) is 14.0 Å². The molecule has 2 amide bonds. The van der Waals surface area contributed by atoms with Crippen LogP contribution in [0.25, 0.3) is 0 Å². The van der Waals surface area contributed by atoms with Gasteiger partial charge in [-0.15, -0.1) is 0 Å². The normalized spacial score (nSPS) is 10.1. The van der Waals surface area contributed by atoms with Crippen molar-refractivity contribution in [3.63, 3.8) is 0 Å². The molecule has 2 aromatic rings. The van der Waals surface area contributed by atoms with Crippen molar-refractivity contribution in [1.29, 1.82) is 0 Å². The molecule has 0 unspecified atom stereocenters. The van der Waals surface area contributed by atoms with E-state index < -0.39 is 11.7 Å². The van der Waals surface area contributed by atoms with Gasteiger partial charge in [0.2, 0.25) is 5.91 Å². The third-order valence-corrected chi connectivity index (χ3v) is 3.01. The minimum atomic E-state index is -0.628. The summed E-state index contributed by atoms with van der Waals surface area (Å²) in [5, 5.41) is 2.53. The Kier molecular flexibility index (Phi) is 4.83. The van der Waals surface area contributed by atoms with Gasteiger partial charge in [0.15, 0.2) is 0 Å². The van der Waals surface area contributed by atoms with Crippen molar-refractivity contribution < 1.29 is 14.0 Å². The van der Waals surface area contributed by atoms with Crippen LogP contribution in [-0.2, 0) is 11.3 Å². The molecule has 0 aliphatic carbocycles. The first-order chi connectivity index (χ1) is 10.5. The Morgan fingerprint density at radius 2 is 2.09 bits per heavy atom. The molecule has 0 aliphatic heterocycles. The fourth-order valence-electron chi connectivity index (χ4n) is 2.01. The van der Waals surface area contributed by atoms with Gasteiger partial charge in [-0.05, 0) is 29.8 Å². The molecule has 1 heterocycles. The van der Waals surface area contributed by atoms with E-state index in [0.717, 1.165) is 11.6 Å². The number of hydrogen-bond donors (Lipinski definition) is 1. The lowest BCUT2D eigenvalue weighted by atomic mass is 10.1. The Morgan fingerprint density at radius 3 is 2.73 bits per heavy atom. The Morgan fingerprint density at radius 1 is 1.32 bits per heavy atom. The third-order valence-electron chi connectivity index (χ3n) is 3.01. The molecule has 0 aliphatic rings. The van der Waals surface area contributed by atoms with Crippen molar-refractivity contribution >= 4 is 17.5 Å². The van der Waals surface area contributed by atoms with Crippen LogP contribution in [-0.4, -0.2) is 28.7 Å². The fraction of sp³-hybridized carbons (Fsp3) is 0.188. The average Bonchev–Trinajstić information content (AvgIpc) is 2.49. The van der Waals surface area contributed by atoms with E-state index in [-0.39, 0.29) is 11.5 Å². The lowest BCUT2D eigenvalue weighted by molar-refractivity contribution is -0.114. The van der Waals surface area contributed by atoms with Crippen molar-refractivity contribution in [3.8, 4) is 0 Å². The van der Waals surface area contributed by atoms with Crippen LogP contribution in [0.1, 0.15) is 22.8 Å². The molecule has 0 radical (unpaired) electrons. The first-order valence-electron chi connectivity index (χ1n) is 6.69. The molecule has 22 heavy (non-hydrogen) atoms. The Labute approximate surface area is 127 Å². The van der Waals surface area contributed by atoms with Crippen molar-refractivity contribution in [1.82, 2.24) is 9.88 Å². The van der Waals surface area contributed by atoms with Gasteiger partial charge >= 0.3 is 0 Å². The molecule has 5 nitrogen and oxygen atoms in total. The lowest BCUT2D eigenvalue weighted by Crippen LogP contribution is -2.27. The van der Waals surface area contributed by atoms with Gasteiger partial charge in [0.25, 0.3) is 5.91 Å². The molecule has 114 valence electrons. The monoisotopic (exact) mass is 301 g/mol. The van der Waals surface area contributed by atoms with E-state index in [1.807, 2.05) is 6.07 Å². The molecule has 0 saturated heterocycles. The van der Waals surface area contributed by atoms with Crippen LogP contribution >= 0.6 is 0 Å². The number of carbonyl (C=O) groups excluding carboxylic acids is 2. The molecule has 0 bridgehead atoms. The zero-order chi connectivity index (χ0) is 16.1. The molecule has 1 aromatic heterocycles. The van der Waals surface area contributed by atoms with Crippen LogP contribution in [0.4, 0.5) is 10.1 Å². The number of rotatable bonds is 4. The van der Waals surface area contributed by atoms with Crippen LogP contribution in [0, 0.1) is 5.82 Å². The summed E-state index contributed by atoms with van der Waals surface area (Å²) in [5.41, 5.74) is 1.14. The highest BCUT2D eigenvalue weighted by Crippen LogP contribution is 2.17. The zero-order valence-corrected chi connectivity index (χ0v) is 12.3. The third kappa shape index (κ3) is 3.88. The number of carbonyl (C=O) groups is 2. The van der Waals surface area contributed by atoms with E-state index in [4.69, 9.17) is 0 Å². The molecule has 0 spiro atoms. The van der Waals surface area contributed by atoms with Crippen LogP contribution in [0.2, 0.25) is 0 Å². The summed E-state index contributed by atoms with van der Waals surface area (Å²) in [4.78, 5) is 28.8. The van der Waals surface area contributed by atoms with Crippen molar-refractivity contribution in [2.75, 3.05) is 12.4 Å². The van der Waals surface area contributed by atoms with E-state index in [1.54, 1.807) is 25.5 Å². The highest BCUT2D eigenvalue weighted by molar-refractivity contribution is 5.96. The van der Waals surface area contributed by atoms with Crippen LogP contribution < -0.4 is 5.32 Å². The Balaban J connectivity index is 2.19. The number of hydrogen-bond acceptors (Lipinski definition) is 3. The van der Waals surface area contributed by atoms with Crippen molar-refractivity contribution in [2.45, 2.75) is 13.5 Å². The molecule has 0 atom stereocenters. The minimum Gasteiger partial charge on any atom is -0.337 e. The SMILES string of the molecule is CC(=O)Nc1ccc(F)c(C(=O)N(C)Cc2cccnc2)c1. The maximum Gasteiger partial charge on any atom is 0.256 e. The van der Waals surface area contributed by atoms with E-state index in [0.29, 0.717) is 12.2 Å². The fourth-order valence-corrected chi connectivity index (χ4v) is 2.01. The number of amides is 2. The van der Waals surface area contributed by atoms with Gasteiger partial charge < -0.3 is 10.2 Å². The van der Waals surface area contributed by atoms with Gasteiger partial charge in [0.05, 0.1) is 5.56 Å². The van der Waals surface area contributed by atoms with Gasteiger partial charge in [-0.2, -0.15) is 0 Å². The summed E-state index contributed by atoms with van der Waals surface area (Å²) in [6, 6.07) is 7.51. The van der Waals surface area contributed by atoms with Crippen LogP contribution in [0.15, 0.2) is 42.7 Å². The Hall–Kier alpha value is -2.76. The zero-order valence-electron chi connectivity index (χ0n) is 12.3. The van der Waals surface area contributed by atoms with Gasteiger partial charge in [0, 0.05) is 38.6 Å². The van der Waals surface area contributed by atoms with E-state index >= 15 is 0 Å². The first kappa shape index (κ1) is 15.6. The van der Waals surface area contributed by atoms with E-state index in [1.165, 1.54) is 24.0 Å². The predicted octanol–water partition coefficient (Wildman–Crippen LogP) is 2.45. The molecule has 6 heteroatoms. The number of benzene rings is 1. The van der Waals surface area contributed by atoms with Gasteiger partial charge in [-0.1, -0.05) is 6.07 Å². The summed E-state index contributed by atoms with van der Waals surface area (Å²) in [6.07, 6.45) is 3.29. The number of halogens is 1. The molecule has 1 aromatic carbocycles. The topological polar surface area (TPSA) is 62.3 Å². The number of aromatic nitrogens is 1. The summed E-state index contributed by atoms with van der Waals surface area (Å²) < 4.78 is 13.9. The Bertz CT molecular complexity index is 689. The second-order valence-corrected chi connectivity index (χ2v) is 4.90. The predicted molar refractivity (Wildman–Crippen MR) is 80.7 cm³/mol. The second kappa shape index (κ2) is 6.80. The quantitative estimate of drug-likeness (QED) is 0.943. The molecule has 2 rings (SSSR count).